The fourth-order valence-electron chi connectivity index (χ4n) is 4.49. The number of unbranched alkanes of at least 4 members (excludes halogenated alkanes) is 20. The molecule has 0 aliphatic carbocycles. The molecule has 0 aromatic rings. The van der Waals surface area contributed by atoms with Crippen LogP contribution < -0.4 is 5.32 Å². The molecular weight excluding hydrogens is 438 g/mol. The van der Waals surface area contributed by atoms with Crippen molar-refractivity contribution in [3.63, 3.8) is 0 Å². The van der Waals surface area contributed by atoms with Gasteiger partial charge in [0.2, 0.25) is 0 Å². The highest BCUT2D eigenvalue weighted by Crippen LogP contribution is 2.13. The minimum absolute atomic E-state index is 0.0923. The highest BCUT2D eigenvalue weighted by Gasteiger charge is 2.21. The Morgan fingerprint density at radius 3 is 1.37 bits per heavy atom. The molecule has 0 fully saturated rings. The normalized spacial score (nSPS) is 12.1. The molecule has 1 unspecified atom stereocenters. The van der Waals surface area contributed by atoms with E-state index in [-0.39, 0.29) is 6.42 Å². The summed E-state index contributed by atoms with van der Waals surface area (Å²) in [5, 5.41) is 12.4. The molecule has 5 nitrogen and oxygen atoms in total. The molecule has 0 heterocycles. The van der Waals surface area contributed by atoms with Crippen LogP contribution in [0, 0.1) is 0 Å². The van der Waals surface area contributed by atoms with Gasteiger partial charge in [-0.25, -0.2) is 0 Å². The number of carboxylic acid groups (broad SMARTS) is 1. The highest BCUT2D eigenvalue weighted by atomic mass is 16.5. The third kappa shape index (κ3) is 25.8. The molecule has 1 atom stereocenters. The molecule has 0 aliphatic rings. The fourth-order valence-corrected chi connectivity index (χ4v) is 4.49. The zero-order valence-electron chi connectivity index (χ0n) is 23.4. The van der Waals surface area contributed by atoms with Gasteiger partial charge in [-0.05, 0) is 19.4 Å². The van der Waals surface area contributed by atoms with Gasteiger partial charge in [-0.2, -0.15) is 0 Å². The maximum Gasteiger partial charge on any atom is 0.321 e. The van der Waals surface area contributed by atoms with Crippen molar-refractivity contribution in [3.05, 3.63) is 0 Å². The van der Waals surface area contributed by atoms with Gasteiger partial charge in [0.15, 0.2) is 0 Å². The van der Waals surface area contributed by atoms with Gasteiger partial charge in [0, 0.05) is 0 Å². The summed E-state index contributed by atoms with van der Waals surface area (Å²) in [6, 6.07) is -0.844. The van der Waals surface area contributed by atoms with Crippen LogP contribution in [-0.2, 0) is 14.3 Å². The van der Waals surface area contributed by atoms with Crippen molar-refractivity contribution in [2.45, 2.75) is 168 Å². The Hall–Kier alpha value is -1.10. The summed E-state index contributed by atoms with van der Waals surface area (Å²) in [7, 11) is 0. The first kappa shape index (κ1) is 33.9. The van der Waals surface area contributed by atoms with Crippen LogP contribution >= 0.6 is 0 Å². The lowest BCUT2D eigenvalue weighted by atomic mass is 10.0. The van der Waals surface area contributed by atoms with Crippen LogP contribution in [0.4, 0.5) is 0 Å². The van der Waals surface area contributed by atoms with Crippen molar-refractivity contribution in [2.75, 3.05) is 13.2 Å². The van der Waals surface area contributed by atoms with Crippen molar-refractivity contribution in [2.24, 2.45) is 0 Å². The molecule has 0 spiro atoms. The van der Waals surface area contributed by atoms with Crippen LogP contribution in [-0.4, -0.2) is 36.2 Å². The Labute approximate surface area is 217 Å². The second-order valence-electron chi connectivity index (χ2n) is 10.3. The maximum absolute atomic E-state index is 12.0. The smallest absolute Gasteiger partial charge is 0.321 e. The average Bonchev–Trinajstić information content (AvgIpc) is 2.84. The minimum Gasteiger partial charge on any atom is -0.480 e. The van der Waals surface area contributed by atoms with E-state index in [0.29, 0.717) is 13.2 Å². The number of esters is 1. The van der Waals surface area contributed by atoms with Gasteiger partial charge in [-0.15, -0.1) is 0 Å². The van der Waals surface area contributed by atoms with Crippen molar-refractivity contribution < 1.29 is 19.4 Å². The Bertz CT molecular complexity index is 469. The van der Waals surface area contributed by atoms with Gasteiger partial charge in [-0.3, -0.25) is 9.59 Å². The van der Waals surface area contributed by atoms with E-state index in [1.165, 1.54) is 116 Å². The standard InChI is InChI=1S/C30H59NO4/c1-3-5-7-9-11-13-14-15-16-17-18-19-21-23-25-31-28(30(33)34)27-29(32)35-26-24-22-20-12-10-8-6-4-2/h28,31H,3-27H2,1-2H3,(H,33,34). The van der Waals surface area contributed by atoms with E-state index >= 15 is 0 Å². The quantitative estimate of drug-likeness (QED) is 0.0836. The van der Waals surface area contributed by atoms with Gasteiger partial charge in [0.05, 0.1) is 13.0 Å². The van der Waals surface area contributed by atoms with Gasteiger partial charge >= 0.3 is 11.9 Å². The number of hydrogen-bond donors (Lipinski definition) is 2. The average molecular weight is 498 g/mol. The van der Waals surface area contributed by atoms with Crippen molar-refractivity contribution in [1.82, 2.24) is 5.32 Å². The Morgan fingerprint density at radius 1 is 0.600 bits per heavy atom. The molecule has 0 saturated carbocycles. The van der Waals surface area contributed by atoms with E-state index in [0.717, 1.165) is 25.7 Å². The largest absolute Gasteiger partial charge is 0.480 e. The highest BCUT2D eigenvalue weighted by molar-refractivity contribution is 5.81. The number of ether oxygens (including phenoxy) is 1. The lowest BCUT2D eigenvalue weighted by Crippen LogP contribution is -2.39. The molecule has 0 bridgehead atoms. The molecule has 208 valence electrons. The molecule has 2 N–H and O–H groups in total. The van der Waals surface area contributed by atoms with Crippen LogP contribution in [0.3, 0.4) is 0 Å². The van der Waals surface area contributed by atoms with Crippen LogP contribution in [0.5, 0.6) is 0 Å². The Morgan fingerprint density at radius 2 is 0.971 bits per heavy atom. The number of hydrogen-bond acceptors (Lipinski definition) is 4. The number of carboxylic acids is 1. The molecule has 5 heteroatoms. The van der Waals surface area contributed by atoms with E-state index in [1.54, 1.807) is 0 Å². The molecule has 0 rings (SSSR count). The third-order valence-corrected chi connectivity index (χ3v) is 6.85. The lowest BCUT2D eigenvalue weighted by molar-refractivity contribution is -0.149. The molecule has 0 radical (unpaired) electrons. The second-order valence-corrected chi connectivity index (χ2v) is 10.3. The zero-order valence-corrected chi connectivity index (χ0v) is 23.4. The van der Waals surface area contributed by atoms with E-state index in [2.05, 4.69) is 19.2 Å². The van der Waals surface area contributed by atoms with Crippen molar-refractivity contribution in [1.29, 1.82) is 0 Å². The summed E-state index contributed by atoms with van der Waals surface area (Å²) in [5.41, 5.74) is 0. The summed E-state index contributed by atoms with van der Waals surface area (Å²) in [4.78, 5) is 23.5. The van der Waals surface area contributed by atoms with E-state index in [1.807, 2.05) is 0 Å². The first-order chi connectivity index (χ1) is 17.1. The molecule has 0 saturated heterocycles. The molecular formula is C30H59NO4. The molecule has 0 aromatic heterocycles. The van der Waals surface area contributed by atoms with Gasteiger partial charge in [0.25, 0.3) is 0 Å². The number of nitrogens with one attached hydrogen (secondary N) is 1. The predicted molar refractivity (Wildman–Crippen MR) is 148 cm³/mol. The van der Waals surface area contributed by atoms with Gasteiger partial charge in [-0.1, -0.05) is 142 Å². The first-order valence-electron chi connectivity index (χ1n) is 15.2. The lowest BCUT2D eigenvalue weighted by Gasteiger charge is -2.14. The monoisotopic (exact) mass is 497 g/mol. The van der Waals surface area contributed by atoms with Gasteiger partial charge in [0.1, 0.15) is 6.04 Å². The fraction of sp³-hybridized carbons (Fsp3) is 0.933. The Kier molecular flexibility index (Phi) is 26.6. The van der Waals surface area contributed by atoms with Crippen LogP contribution in [0.25, 0.3) is 0 Å². The number of aliphatic carboxylic acids is 1. The topological polar surface area (TPSA) is 75.6 Å². The summed E-state index contributed by atoms with van der Waals surface area (Å²) in [6.45, 7) is 5.53. The summed E-state index contributed by atoms with van der Waals surface area (Å²) in [5.74, 6) is -1.38. The zero-order chi connectivity index (χ0) is 25.8. The molecule has 0 aliphatic heterocycles. The Balaban J connectivity index is 3.55. The van der Waals surface area contributed by atoms with Crippen molar-refractivity contribution >= 4 is 11.9 Å². The summed E-state index contributed by atoms with van der Waals surface area (Å²) >= 11 is 0. The summed E-state index contributed by atoms with van der Waals surface area (Å²) < 4.78 is 5.25. The van der Waals surface area contributed by atoms with Crippen LogP contribution in [0.1, 0.15) is 162 Å². The minimum atomic E-state index is -0.973. The van der Waals surface area contributed by atoms with Gasteiger partial charge < -0.3 is 15.2 Å². The van der Waals surface area contributed by atoms with E-state index in [4.69, 9.17) is 4.74 Å². The first-order valence-corrected chi connectivity index (χ1v) is 15.2. The van der Waals surface area contributed by atoms with Crippen molar-refractivity contribution in [3.8, 4) is 0 Å². The van der Waals surface area contributed by atoms with Crippen LogP contribution in [0.15, 0.2) is 0 Å². The third-order valence-electron chi connectivity index (χ3n) is 6.85. The second kappa shape index (κ2) is 27.5. The molecule has 0 amide bonds. The van der Waals surface area contributed by atoms with Crippen LogP contribution in [0.2, 0.25) is 0 Å². The number of carbonyl (C=O) groups is 2. The summed E-state index contributed by atoms with van der Waals surface area (Å²) in [6.07, 6.45) is 27.7. The number of carbonyl (C=O) groups excluding carboxylic acids is 1. The SMILES string of the molecule is CCCCCCCCCCCCCCCCNC(CC(=O)OCCCCCCCCCC)C(=O)O. The predicted octanol–water partition coefficient (Wildman–Crippen LogP) is 8.58. The van der Waals surface area contributed by atoms with E-state index < -0.39 is 18.0 Å². The number of rotatable bonds is 28. The maximum atomic E-state index is 12.0. The molecule has 35 heavy (non-hydrogen) atoms. The molecule has 0 aromatic carbocycles. The van der Waals surface area contributed by atoms with E-state index in [9.17, 15) is 14.7 Å².